The van der Waals surface area contributed by atoms with Crippen LogP contribution in [0.15, 0.2) is 22.7 Å². The monoisotopic (exact) mass is 324 g/mol. The second-order valence-electron chi connectivity index (χ2n) is 5.87. The van der Waals surface area contributed by atoms with Crippen LogP contribution in [0.25, 0.3) is 0 Å². The molecule has 0 saturated heterocycles. The maximum Gasteiger partial charge on any atom is 0.0178 e. The Morgan fingerprint density at radius 3 is 2.63 bits per heavy atom. The average Bonchev–Trinajstić information content (AvgIpc) is 2.40. The molecule has 0 aliphatic heterocycles. The Bertz CT molecular complexity index is 411. The summed E-state index contributed by atoms with van der Waals surface area (Å²) >= 11 is 3.56. The van der Waals surface area contributed by atoms with Crippen LogP contribution in [0.5, 0.6) is 0 Å². The summed E-state index contributed by atoms with van der Waals surface area (Å²) in [6.07, 6.45) is 6.02. The Labute approximate surface area is 125 Å². The van der Waals surface area contributed by atoms with Crippen LogP contribution in [-0.2, 0) is 6.42 Å². The number of hydrogen-bond donors (Lipinski definition) is 1. The van der Waals surface area contributed by atoms with Gasteiger partial charge in [-0.3, -0.25) is 0 Å². The fraction of sp³-hybridized carbons (Fsp3) is 0.625. The minimum Gasteiger partial charge on any atom is -0.328 e. The van der Waals surface area contributed by atoms with Gasteiger partial charge in [0.2, 0.25) is 0 Å². The van der Waals surface area contributed by atoms with Crippen molar-refractivity contribution in [3.63, 3.8) is 0 Å². The van der Waals surface area contributed by atoms with E-state index >= 15 is 0 Å². The topological polar surface area (TPSA) is 29.3 Å². The van der Waals surface area contributed by atoms with E-state index in [1.165, 1.54) is 41.3 Å². The Morgan fingerprint density at radius 1 is 1.26 bits per heavy atom. The standard InChI is InChI=1S/C16H25BrN2/c1-12-3-4-14(17)11-13(12)9-10-19(2)16-7-5-15(18)6-8-16/h3-4,11,15-16H,5-10,18H2,1-2H3. The summed E-state index contributed by atoms with van der Waals surface area (Å²) in [7, 11) is 2.26. The predicted octanol–water partition coefficient (Wildman–Crippen LogP) is 3.50. The molecule has 2 rings (SSSR count). The third-order valence-corrected chi connectivity index (χ3v) is 4.90. The van der Waals surface area contributed by atoms with Gasteiger partial charge in [-0.25, -0.2) is 0 Å². The van der Waals surface area contributed by atoms with E-state index in [4.69, 9.17) is 5.73 Å². The van der Waals surface area contributed by atoms with Gasteiger partial charge in [0.1, 0.15) is 0 Å². The largest absolute Gasteiger partial charge is 0.328 e. The van der Waals surface area contributed by atoms with Crippen LogP contribution in [0, 0.1) is 6.92 Å². The molecule has 106 valence electrons. The molecule has 0 unspecified atom stereocenters. The summed E-state index contributed by atoms with van der Waals surface area (Å²) in [6, 6.07) is 7.73. The normalized spacial score (nSPS) is 23.8. The first-order chi connectivity index (χ1) is 9.06. The van der Waals surface area contributed by atoms with Gasteiger partial charge in [-0.05, 0) is 69.3 Å². The second kappa shape index (κ2) is 6.87. The highest BCUT2D eigenvalue weighted by molar-refractivity contribution is 9.10. The third kappa shape index (κ3) is 4.30. The van der Waals surface area contributed by atoms with Gasteiger partial charge in [0, 0.05) is 23.1 Å². The van der Waals surface area contributed by atoms with E-state index in [2.05, 4.69) is 53.0 Å². The van der Waals surface area contributed by atoms with Gasteiger partial charge >= 0.3 is 0 Å². The Morgan fingerprint density at radius 2 is 1.95 bits per heavy atom. The number of nitrogens with two attached hydrogens (primary N) is 1. The van der Waals surface area contributed by atoms with E-state index in [9.17, 15) is 0 Å². The molecular weight excluding hydrogens is 300 g/mol. The molecule has 0 heterocycles. The van der Waals surface area contributed by atoms with Gasteiger partial charge in [0.15, 0.2) is 0 Å². The molecule has 2 nitrogen and oxygen atoms in total. The molecule has 1 aliphatic rings. The summed E-state index contributed by atoms with van der Waals surface area (Å²) in [5, 5.41) is 0. The predicted molar refractivity (Wildman–Crippen MR) is 85.4 cm³/mol. The highest BCUT2D eigenvalue weighted by Gasteiger charge is 2.21. The minimum atomic E-state index is 0.442. The lowest BCUT2D eigenvalue weighted by Gasteiger charge is -2.33. The van der Waals surface area contributed by atoms with Crippen molar-refractivity contribution in [2.45, 2.75) is 51.1 Å². The number of nitrogens with zero attached hydrogens (tertiary/aromatic N) is 1. The molecular formula is C16H25BrN2. The zero-order chi connectivity index (χ0) is 13.8. The van der Waals surface area contributed by atoms with Crippen LogP contribution in [0.4, 0.5) is 0 Å². The fourth-order valence-electron chi connectivity index (χ4n) is 2.93. The van der Waals surface area contributed by atoms with Crippen LogP contribution >= 0.6 is 15.9 Å². The molecule has 1 fully saturated rings. The first-order valence-electron chi connectivity index (χ1n) is 7.27. The average molecular weight is 325 g/mol. The SMILES string of the molecule is Cc1ccc(Br)cc1CCN(C)C1CCC(N)CC1. The molecule has 1 aromatic carbocycles. The fourth-order valence-corrected chi connectivity index (χ4v) is 3.34. The number of likely N-dealkylation sites (N-methyl/N-ethyl adjacent to an activating group) is 1. The van der Waals surface area contributed by atoms with Crippen molar-refractivity contribution in [2.75, 3.05) is 13.6 Å². The van der Waals surface area contributed by atoms with Gasteiger partial charge in [0.25, 0.3) is 0 Å². The number of halogens is 1. The zero-order valence-electron chi connectivity index (χ0n) is 12.0. The van der Waals surface area contributed by atoms with E-state index in [1.807, 2.05) is 0 Å². The number of hydrogen-bond acceptors (Lipinski definition) is 2. The maximum absolute atomic E-state index is 5.97. The van der Waals surface area contributed by atoms with Crippen molar-refractivity contribution < 1.29 is 0 Å². The summed E-state index contributed by atoms with van der Waals surface area (Å²) in [5.74, 6) is 0. The lowest BCUT2D eigenvalue weighted by atomic mass is 9.91. The van der Waals surface area contributed by atoms with Crippen LogP contribution in [0.2, 0.25) is 0 Å². The van der Waals surface area contributed by atoms with Crippen molar-refractivity contribution in [1.29, 1.82) is 0 Å². The maximum atomic E-state index is 5.97. The Kier molecular flexibility index (Phi) is 5.43. The van der Waals surface area contributed by atoms with Crippen molar-refractivity contribution in [3.05, 3.63) is 33.8 Å². The molecule has 0 bridgehead atoms. The van der Waals surface area contributed by atoms with E-state index in [-0.39, 0.29) is 0 Å². The van der Waals surface area contributed by atoms with Gasteiger partial charge in [-0.15, -0.1) is 0 Å². The number of benzene rings is 1. The lowest BCUT2D eigenvalue weighted by molar-refractivity contribution is 0.185. The van der Waals surface area contributed by atoms with Gasteiger partial charge in [-0.1, -0.05) is 22.0 Å². The second-order valence-corrected chi connectivity index (χ2v) is 6.79. The Hall–Kier alpha value is -0.380. The molecule has 3 heteroatoms. The third-order valence-electron chi connectivity index (χ3n) is 4.41. The molecule has 0 aromatic heterocycles. The van der Waals surface area contributed by atoms with Crippen molar-refractivity contribution in [3.8, 4) is 0 Å². The molecule has 2 N–H and O–H groups in total. The van der Waals surface area contributed by atoms with E-state index in [0.717, 1.165) is 19.0 Å². The van der Waals surface area contributed by atoms with Crippen molar-refractivity contribution in [2.24, 2.45) is 5.73 Å². The summed E-state index contributed by atoms with van der Waals surface area (Å²) in [4.78, 5) is 2.52. The Balaban J connectivity index is 1.86. The van der Waals surface area contributed by atoms with Gasteiger partial charge in [0.05, 0.1) is 0 Å². The van der Waals surface area contributed by atoms with Gasteiger partial charge < -0.3 is 10.6 Å². The highest BCUT2D eigenvalue weighted by atomic mass is 79.9. The van der Waals surface area contributed by atoms with Crippen molar-refractivity contribution in [1.82, 2.24) is 4.90 Å². The quantitative estimate of drug-likeness (QED) is 0.918. The first kappa shape index (κ1) is 15.0. The molecule has 1 aromatic rings. The number of rotatable bonds is 4. The molecule has 0 atom stereocenters. The van der Waals surface area contributed by atoms with E-state index in [1.54, 1.807) is 0 Å². The molecule has 0 spiro atoms. The zero-order valence-corrected chi connectivity index (χ0v) is 13.6. The molecule has 0 amide bonds. The van der Waals surface area contributed by atoms with E-state index in [0.29, 0.717) is 6.04 Å². The lowest BCUT2D eigenvalue weighted by Crippen LogP contribution is -2.39. The molecule has 19 heavy (non-hydrogen) atoms. The van der Waals surface area contributed by atoms with E-state index < -0.39 is 0 Å². The minimum absolute atomic E-state index is 0.442. The summed E-state index contributed by atoms with van der Waals surface area (Å²) < 4.78 is 1.18. The molecule has 0 radical (unpaired) electrons. The van der Waals surface area contributed by atoms with Crippen LogP contribution < -0.4 is 5.73 Å². The van der Waals surface area contributed by atoms with Gasteiger partial charge in [-0.2, -0.15) is 0 Å². The van der Waals surface area contributed by atoms with Crippen LogP contribution in [0.1, 0.15) is 36.8 Å². The summed E-state index contributed by atoms with van der Waals surface area (Å²) in [5.41, 5.74) is 8.82. The number of aryl methyl sites for hydroxylation is 1. The van der Waals surface area contributed by atoms with Crippen LogP contribution in [-0.4, -0.2) is 30.6 Å². The molecule has 1 aliphatic carbocycles. The first-order valence-corrected chi connectivity index (χ1v) is 8.06. The summed E-state index contributed by atoms with van der Waals surface area (Å²) in [6.45, 7) is 3.33. The highest BCUT2D eigenvalue weighted by Crippen LogP contribution is 2.22. The van der Waals surface area contributed by atoms with Crippen LogP contribution in [0.3, 0.4) is 0 Å². The van der Waals surface area contributed by atoms with Crippen molar-refractivity contribution >= 4 is 15.9 Å². The molecule has 1 saturated carbocycles. The smallest absolute Gasteiger partial charge is 0.0178 e.